The second-order valence-electron chi connectivity index (χ2n) is 6.38. The van der Waals surface area contributed by atoms with Crippen molar-refractivity contribution in [2.24, 2.45) is 0 Å². The maximum Gasteiger partial charge on any atom is 0.266 e. The molecule has 0 aliphatic carbocycles. The van der Waals surface area contributed by atoms with Crippen LogP contribution >= 0.6 is 0 Å². The summed E-state index contributed by atoms with van der Waals surface area (Å²) in [4.78, 5) is 14.5. The first kappa shape index (κ1) is 18.8. The summed E-state index contributed by atoms with van der Waals surface area (Å²) in [7, 11) is 3.95. The maximum absolute atomic E-state index is 12.4. The van der Waals surface area contributed by atoms with Gasteiger partial charge in [-0.15, -0.1) is 0 Å². The molecule has 0 bridgehead atoms. The van der Waals surface area contributed by atoms with Crippen LogP contribution in [-0.4, -0.2) is 29.7 Å². The minimum Gasteiger partial charge on any atom is -0.508 e. The molecule has 0 saturated heterocycles. The normalized spacial score (nSPS) is 11.0. The van der Waals surface area contributed by atoms with Crippen LogP contribution in [0.5, 0.6) is 5.75 Å². The summed E-state index contributed by atoms with van der Waals surface area (Å²) in [6, 6.07) is 19.7. The first-order chi connectivity index (χ1) is 13.5. The quantitative estimate of drug-likeness (QED) is 0.406. The topological polar surface area (TPSA) is 81.3 Å². The lowest BCUT2D eigenvalue weighted by Gasteiger charge is -2.14. The molecule has 3 rings (SSSR count). The zero-order chi connectivity index (χ0) is 20.1. The number of aromatic hydroxyl groups is 1. The average Bonchev–Trinajstić information content (AvgIpc) is 3.16. The molecule has 6 nitrogen and oxygen atoms in total. The molecule has 0 atom stereocenters. The fourth-order valence-corrected chi connectivity index (χ4v) is 2.70. The van der Waals surface area contributed by atoms with Crippen molar-refractivity contribution in [2.45, 2.75) is 0 Å². The summed E-state index contributed by atoms with van der Waals surface area (Å²) >= 11 is 0. The van der Waals surface area contributed by atoms with Gasteiger partial charge in [-0.05, 0) is 66.7 Å². The highest BCUT2D eigenvalue weighted by molar-refractivity contribution is 6.09. The molecule has 2 N–H and O–H groups in total. The molecular weight excluding hydrogens is 352 g/mol. The number of anilines is 2. The summed E-state index contributed by atoms with van der Waals surface area (Å²) in [6.07, 6.45) is 3.43. The van der Waals surface area contributed by atoms with Gasteiger partial charge in [-0.1, -0.05) is 0 Å². The molecule has 3 aromatic rings. The van der Waals surface area contributed by atoms with Crippen molar-refractivity contribution in [2.75, 3.05) is 24.3 Å². The zero-order valence-electron chi connectivity index (χ0n) is 15.6. The Morgan fingerprint density at radius 3 is 2.39 bits per heavy atom. The molecule has 1 heterocycles. The Labute approximate surface area is 163 Å². The van der Waals surface area contributed by atoms with Crippen molar-refractivity contribution in [3.63, 3.8) is 0 Å². The van der Waals surface area contributed by atoms with Gasteiger partial charge in [0, 0.05) is 43.0 Å². The number of carbonyl (C=O) groups excluding carboxylic acids is 1. The van der Waals surface area contributed by atoms with Gasteiger partial charge in [0.2, 0.25) is 0 Å². The van der Waals surface area contributed by atoms with Crippen LogP contribution in [0.3, 0.4) is 0 Å². The Morgan fingerprint density at radius 1 is 1.11 bits per heavy atom. The molecule has 0 aliphatic heterocycles. The number of hydrogen-bond donors (Lipinski definition) is 2. The Hall–Kier alpha value is -3.98. The molecule has 0 fully saturated rings. The fraction of sp³-hybridized carbons (Fsp3) is 0.0909. The number of nitrogens with zero attached hydrogens (tertiary/aromatic N) is 3. The minimum absolute atomic E-state index is 0.0158. The second kappa shape index (κ2) is 8.14. The van der Waals surface area contributed by atoms with Gasteiger partial charge < -0.3 is 19.9 Å². The third-order valence-corrected chi connectivity index (χ3v) is 4.21. The molecule has 0 unspecified atom stereocenters. The van der Waals surface area contributed by atoms with Crippen molar-refractivity contribution >= 4 is 23.4 Å². The molecule has 2 aromatic carbocycles. The molecule has 140 valence electrons. The maximum atomic E-state index is 12.4. The third-order valence-electron chi connectivity index (χ3n) is 4.21. The lowest BCUT2D eigenvalue weighted by atomic mass is 10.2. The number of nitriles is 1. The Balaban J connectivity index is 1.85. The van der Waals surface area contributed by atoms with E-state index < -0.39 is 5.91 Å². The van der Waals surface area contributed by atoms with E-state index in [1.807, 2.05) is 72.2 Å². The number of amides is 1. The van der Waals surface area contributed by atoms with E-state index in [4.69, 9.17) is 0 Å². The molecule has 0 aliphatic rings. The summed E-state index contributed by atoms with van der Waals surface area (Å²) < 4.78 is 1.91. The SMILES string of the molecule is CN(C)c1ccc(-n2cccc2C=C(C#N)C(=O)Nc2ccc(O)cc2)cc1. The number of phenolic OH excluding ortho intramolecular Hbond substituents is 1. The second-order valence-corrected chi connectivity index (χ2v) is 6.38. The number of aromatic nitrogens is 1. The van der Waals surface area contributed by atoms with E-state index >= 15 is 0 Å². The van der Waals surface area contributed by atoms with Crippen molar-refractivity contribution in [1.82, 2.24) is 4.57 Å². The average molecular weight is 372 g/mol. The van der Waals surface area contributed by atoms with Crippen LogP contribution in [0.1, 0.15) is 5.69 Å². The highest BCUT2D eigenvalue weighted by atomic mass is 16.3. The van der Waals surface area contributed by atoms with Gasteiger partial charge >= 0.3 is 0 Å². The number of phenols is 1. The largest absolute Gasteiger partial charge is 0.508 e. The van der Waals surface area contributed by atoms with Gasteiger partial charge in [0.1, 0.15) is 17.4 Å². The van der Waals surface area contributed by atoms with Gasteiger partial charge in [-0.3, -0.25) is 4.79 Å². The van der Waals surface area contributed by atoms with Crippen LogP contribution in [0.4, 0.5) is 11.4 Å². The van der Waals surface area contributed by atoms with Crippen LogP contribution < -0.4 is 10.2 Å². The Kier molecular flexibility index (Phi) is 5.47. The standard InChI is InChI=1S/C22H20N4O2/c1-25(2)18-7-9-19(10-8-18)26-13-3-4-20(26)14-16(15-23)22(28)24-17-5-11-21(27)12-6-17/h3-14,27H,1-2H3,(H,24,28). The Morgan fingerprint density at radius 2 is 1.79 bits per heavy atom. The van der Waals surface area contributed by atoms with Gasteiger partial charge in [0.05, 0.1) is 0 Å². The fourth-order valence-electron chi connectivity index (χ4n) is 2.70. The van der Waals surface area contributed by atoms with Gasteiger partial charge in [-0.2, -0.15) is 5.26 Å². The third kappa shape index (κ3) is 4.22. The number of nitrogens with one attached hydrogen (secondary N) is 1. The van der Waals surface area contributed by atoms with E-state index in [0.29, 0.717) is 5.69 Å². The van der Waals surface area contributed by atoms with Gasteiger partial charge in [0.25, 0.3) is 5.91 Å². The van der Waals surface area contributed by atoms with E-state index in [0.717, 1.165) is 17.1 Å². The Bertz CT molecular complexity index is 1040. The molecule has 0 saturated carbocycles. The van der Waals surface area contributed by atoms with Gasteiger partial charge in [0.15, 0.2) is 0 Å². The van der Waals surface area contributed by atoms with Crippen LogP contribution in [0, 0.1) is 11.3 Å². The van der Waals surface area contributed by atoms with Crippen molar-refractivity contribution in [1.29, 1.82) is 5.26 Å². The van der Waals surface area contributed by atoms with Gasteiger partial charge in [-0.25, -0.2) is 0 Å². The number of carbonyl (C=O) groups is 1. The lowest BCUT2D eigenvalue weighted by Crippen LogP contribution is -2.13. The van der Waals surface area contributed by atoms with E-state index in [1.54, 1.807) is 18.2 Å². The van der Waals surface area contributed by atoms with E-state index in [1.165, 1.54) is 12.1 Å². The number of benzene rings is 2. The summed E-state index contributed by atoms with van der Waals surface area (Å²) in [5.74, 6) is -0.406. The molecular formula is C22H20N4O2. The molecule has 28 heavy (non-hydrogen) atoms. The van der Waals surface area contributed by atoms with Crippen LogP contribution in [-0.2, 0) is 4.79 Å². The van der Waals surface area contributed by atoms with E-state index in [9.17, 15) is 15.2 Å². The van der Waals surface area contributed by atoms with Crippen LogP contribution in [0.25, 0.3) is 11.8 Å². The molecule has 1 amide bonds. The number of hydrogen-bond acceptors (Lipinski definition) is 4. The van der Waals surface area contributed by atoms with E-state index in [-0.39, 0.29) is 11.3 Å². The van der Waals surface area contributed by atoms with Crippen LogP contribution in [0.15, 0.2) is 72.4 Å². The highest BCUT2D eigenvalue weighted by Crippen LogP contribution is 2.20. The first-order valence-electron chi connectivity index (χ1n) is 8.65. The smallest absolute Gasteiger partial charge is 0.266 e. The van der Waals surface area contributed by atoms with E-state index in [2.05, 4.69) is 5.32 Å². The predicted octanol–water partition coefficient (Wildman–Crippen LogP) is 3.79. The molecule has 1 aromatic heterocycles. The van der Waals surface area contributed by atoms with Crippen LogP contribution in [0.2, 0.25) is 0 Å². The lowest BCUT2D eigenvalue weighted by molar-refractivity contribution is -0.112. The highest BCUT2D eigenvalue weighted by Gasteiger charge is 2.11. The summed E-state index contributed by atoms with van der Waals surface area (Å²) in [6.45, 7) is 0. The van der Waals surface area contributed by atoms with Crippen molar-refractivity contribution in [3.05, 3.63) is 78.1 Å². The monoisotopic (exact) mass is 372 g/mol. The minimum atomic E-state index is -0.510. The molecule has 0 radical (unpaired) electrons. The molecule has 0 spiro atoms. The number of rotatable bonds is 5. The predicted molar refractivity (Wildman–Crippen MR) is 110 cm³/mol. The summed E-state index contributed by atoms with van der Waals surface area (Å²) in [5.41, 5.74) is 3.21. The summed E-state index contributed by atoms with van der Waals surface area (Å²) in [5, 5.41) is 21.4. The van der Waals surface area contributed by atoms with Crippen molar-refractivity contribution in [3.8, 4) is 17.5 Å². The first-order valence-corrected chi connectivity index (χ1v) is 8.65. The molecule has 6 heteroatoms. The zero-order valence-corrected chi connectivity index (χ0v) is 15.6. The van der Waals surface area contributed by atoms with Crippen molar-refractivity contribution < 1.29 is 9.90 Å².